The first kappa shape index (κ1) is 13.9. The molecule has 1 aromatic rings. The van der Waals surface area contributed by atoms with Crippen molar-refractivity contribution < 1.29 is 9.53 Å². The molecule has 1 amide bonds. The fraction of sp³-hybridized carbons (Fsp3) is 0.0769. The van der Waals surface area contributed by atoms with E-state index < -0.39 is 0 Å². The maximum Gasteiger partial charge on any atom is 0.263 e. The quantitative estimate of drug-likeness (QED) is 0.529. The molecule has 1 aromatic carbocycles. The van der Waals surface area contributed by atoms with Gasteiger partial charge < -0.3 is 10.1 Å². The molecule has 0 unspecified atom stereocenters. The zero-order valence-corrected chi connectivity index (χ0v) is 12.0. The van der Waals surface area contributed by atoms with Gasteiger partial charge in [0.05, 0.1) is 9.93 Å². The van der Waals surface area contributed by atoms with E-state index in [4.69, 9.17) is 35.0 Å². The summed E-state index contributed by atoms with van der Waals surface area (Å²) < 4.78 is 5.71. The van der Waals surface area contributed by atoms with Crippen LogP contribution in [0.1, 0.15) is 5.56 Å². The molecule has 1 heterocycles. The second-order valence-electron chi connectivity index (χ2n) is 3.53. The topological polar surface area (TPSA) is 38.3 Å². The first-order valence-corrected chi connectivity index (χ1v) is 6.81. The van der Waals surface area contributed by atoms with Crippen molar-refractivity contribution in [2.45, 2.75) is 0 Å². The summed E-state index contributed by atoms with van der Waals surface area (Å²) in [6.45, 7) is 0.159. The van der Waals surface area contributed by atoms with Crippen molar-refractivity contribution in [1.29, 1.82) is 0 Å². The van der Waals surface area contributed by atoms with Gasteiger partial charge in [0, 0.05) is 0 Å². The Balaban J connectivity index is 2.21. The Labute approximate surface area is 125 Å². The van der Waals surface area contributed by atoms with Gasteiger partial charge in [-0.05, 0) is 23.8 Å². The van der Waals surface area contributed by atoms with Crippen LogP contribution in [0.2, 0.25) is 5.02 Å². The summed E-state index contributed by atoms with van der Waals surface area (Å²) in [5.41, 5.74) is 0.792. The second kappa shape index (κ2) is 6.11. The molecule has 19 heavy (non-hydrogen) atoms. The van der Waals surface area contributed by atoms with Gasteiger partial charge in [0.15, 0.2) is 0 Å². The number of ether oxygens (including phenoxy) is 1. The van der Waals surface area contributed by atoms with Gasteiger partial charge >= 0.3 is 0 Å². The number of terminal acetylenes is 1. The molecular weight excluding hydrogens is 302 g/mol. The number of hydrogen-bond acceptors (Lipinski definition) is 4. The molecule has 1 aliphatic rings. The summed E-state index contributed by atoms with van der Waals surface area (Å²) in [5, 5.41) is 2.99. The largest absolute Gasteiger partial charge is 0.479 e. The van der Waals surface area contributed by atoms with Crippen molar-refractivity contribution in [3.63, 3.8) is 0 Å². The zero-order valence-electron chi connectivity index (χ0n) is 9.60. The smallest absolute Gasteiger partial charge is 0.263 e. The number of amides is 1. The maximum absolute atomic E-state index is 11.5. The highest BCUT2D eigenvalue weighted by molar-refractivity contribution is 8.26. The highest BCUT2D eigenvalue weighted by atomic mass is 35.5. The minimum Gasteiger partial charge on any atom is -0.479 e. The minimum absolute atomic E-state index is 0.159. The normalized spacial score (nSPS) is 16.3. The van der Waals surface area contributed by atoms with E-state index in [1.807, 2.05) is 0 Å². The van der Waals surface area contributed by atoms with E-state index >= 15 is 0 Å². The van der Waals surface area contributed by atoms with Gasteiger partial charge in [-0.2, -0.15) is 0 Å². The lowest BCUT2D eigenvalue weighted by Gasteiger charge is -2.05. The van der Waals surface area contributed by atoms with Gasteiger partial charge in [0.2, 0.25) is 0 Å². The standard InChI is InChI=1S/C13H8ClNO2S2/c1-2-5-17-10-4-3-8(6-9(10)14)7-11-12(16)15-13(18)19-11/h1,3-4,6-7H,5H2,(H,15,16,18). The average molecular weight is 310 g/mol. The summed E-state index contributed by atoms with van der Waals surface area (Å²) in [6.07, 6.45) is 6.82. The summed E-state index contributed by atoms with van der Waals surface area (Å²) in [4.78, 5) is 12.1. The van der Waals surface area contributed by atoms with Crippen molar-refractivity contribution in [3.8, 4) is 18.1 Å². The van der Waals surface area contributed by atoms with Crippen LogP contribution in [0.5, 0.6) is 5.75 Å². The van der Waals surface area contributed by atoms with Gasteiger partial charge in [0.25, 0.3) is 5.91 Å². The van der Waals surface area contributed by atoms with Crippen LogP contribution in [-0.4, -0.2) is 16.8 Å². The molecule has 0 atom stereocenters. The molecular formula is C13H8ClNO2S2. The summed E-state index contributed by atoms with van der Waals surface area (Å²) in [7, 11) is 0. The summed E-state index contributed by atoms with van der Waals surface area (Å²) in [5.74, 6) is 2.68. The molecule has 1 N–H and O–H groups in total. The summed E-state index contributed by atoms with van der Waals surface area (Å²) in [6, 6.07) is 5.21. The number of carbonyl (C=O) groups is 1. The molecule has 6 heteroatoms. The van der Waals surface area contributed by atoms with Crippen LogP contribution in [0.15, 0.2) is 23.1 Å². The Kier molecular flexibility index (Phi) is 4.48. The van der Waals surface area contributed by atoms with Crippen molar-refractivity contribution >= 4 is 51.9 Å². The molecule has 2 rings (SSSR count). The first-order valence-electron chi connectivity index (χ1n) is 5.21. The first-order chi connectivity index (χ1) is 9.10. The van der Waals surface area contributed by atoms with Gasteiger partial charge in [-0.25, -0.2) is 0 Å². The van der Waals surface area contributed by atoms with Crippen molar-refractivity contribution in [2.24, 2.45) is 0 Å². The van der Waals surface area contributed by atoms with Crippen LogP contribution in [0, 0.1) is 12.3 Å². The van der Waals surface area contributed by atoms with Crippen molar-refractivity contribution in [3.05, 3.63) is 33.7 Å². The van der Waals surface area contributed by atoms with Gasteiger partial charge in [0.1, 0.15) is 16.7 Å². The lowest BCUT2D eigenvalue weighted by atomic mass is 10.2. The monoisotopic (exact) mass is 309 g/mol. The SMILES string of the molecule is C#CCOc1ccc(C=C2SC(=S)NC2=O)cc1Cl. The van der Waals surface area contributed by atoms with E-state index in [2.05, 4.69) is 11.2 Å². The van der Waals surface area contributed by atoms with Crippen molar-refractivity contribution in [2.75, 3.05) is 6.61 Å². The number of thioether (sulfide) groups is 1. The molecule has 96 valence electrons. The highest BCUT2D eigenvalue weighted by Gasteiger charge is 2.21. The van der Waals surface area contributed by atoms with Gasteiger partial charge in [-0.3, -0.25) is 4.79 Å². The fourth-order valence-electron chi connectivity index (χ4n) is 1.42. The molecule has 0 aliphatic carbocycles. The Morgan fingerprint density at radius 3 is 2.95 bits per heavy atom. The third kappa shape index (κ3) is 3.51. The molecule has 3 nitrogen and oxygen atoms in total. The van der Waals surface area contributed by atoms with E-state index in [-0.39, 0.29) is 12.5 Å². The number of carbonyl (C=O) groups excluding carboxylic acids is 1. The number of benzene rings is 1. The molecule has 0 spiro atoms. The van der Waals surface area contributed by atoms with Crippen LogP contribution >= 0.6 is 35.6 Å². The fourth-order valence-corrected chi connectivity index (χ4v) is 2.70. The Bertz CT molecular complexity index is 620. The third-order valence-corrected chi connectivity index (χ3v) is 3.66. The van der Waals surface area contributed by atoms with Crippen LogP contribution in [0.3, 0.4) is 0 Å². The van der Waals surface area contributed by atoms with Crippen LogP contribution in [0.4, 0.5) is 0 Å². The molecule has 1 saturated heterocycles. The predicted octanol–water partition coefficient (Wildman–Crippen LogP) is 2.84. The maximum atomic E-state index is 11.5. The van der Waals surface area contributed by atoms with E-state index in [9.17, 15) is 4.79 Å². The second-order valence-corrected chi connectivity index (χ2v) is 5.66. The Hall–Kier alpha value is -1.48. The molecule has 0 saturated carbocycles. The Morgan fingerprint density at radius 2 is 2.37 bits per heavy atom. The average Bonchev–Trinajstić information content (AvgIpc) is 2.67. The highest BCUT2D eigenvalue weighted by Crippen LogP contribution is 2.29. The lowest BCUT2D eigenvalue weighted by Crippen LogP contribution is -2.17. The molecule has 1 fully saturated rings. The Morgan fingerprint density at radius 1 is 1.58 bits per heavy atom. The number of rotatable bonds is 3. The molecule has 0 radical (unpaired) electrons. The van der Waals surface area contributed by atoms with Gasteiger partial charge in [-0.1, -0.05) is 47.6 Å². The van der Waals surface area contributed by atoms with E-state index in [1.165, 1.54) is 11.8 Å². The number of nitrogens with one attached hydrogen (secondary N) is 1. The van der Waals surface area contributed by atoms with Crippen molar-refractivity contribution in [1.82, 2.24) is 5.32 Å². The summed E-state index contributed by atoms with van der Waals surface area (Å²) >= 11 is 12.2. The number of hydrogen-bond donors (Lipinski definition) is 1. The van der Waals surface area contributed by atoms with Crippen LogP contribution in [-0.2, 0) is 4.79 Å². The predicted molar refractivity (Wildman–Crippen MR) is 82.1 cm³/mol. The number of halogens is 1. The van der Waals surface area contributed by atoms with Crippen LogP contribution < -0.4 is 10.1 Å². The molecule has 0 bridgehead atoms. The van der Waals surface area contributed by atoms with Crippen LogP contribution in [0.25, 0.3) is 6.08 Å². The molecule has 1 aliphatic heterocycles. The van der Waals surface area contributed by atoms with E-state index in [0.29, 0.717) is 20.0 Å². The van der Waals surface area contributed by atoms with E-state index in [0.717, 1.165) is 5.56 Å². The minimum atomic E-state index is -0.196. The molecule has 0 aromatic heterocycles. The van der Waals surface area contributed by atoms with Gasteiger partial charge in [-0.15, -0.1) is 6.42 Å². The van der Waals surface area contributed by atoms with E-state index in [1.54, 1.807) is 24.3 Å². The lowest BCUT2D eigenvalue weighted by molar-refractivity contribution is -0.115. The zero-order chi connectivity index (χ0) is 13.8. The number of thiocarbonyl (C=S) groups is 1. The third-order valence-electron chi connectivity index (χ3n) is 2.21.